The Balaban J connectivity index is 1.84. The highest BCUT2D eigenvalue weighted by Crippen LogP contribution is 2.34. The van der Waals surface area contributed by atoms with Crippen LogP contribution in [0.25, 0.3) is 33.3 Å². The first-order valence-electron chi connectivity index (χ1n) is 9.35. The van der Waals surface area contributed by atoms with Crippen molar-refractivity contribution in [2.75, 3.05) is 33.0 Å². The maximum absolute atomic E-state index is 13.6. The number of carbonyl (C=O) groups is 1. The van der Waals surface area contributed by atoms with Crippen LogP contribution < -0.4 is 11.3 Å². The van der Waals surface area contributed by atoms with Crippen LogP contribution in [0.2, 0.25) is 5.02 Å². The van der Waals surface area contributed by atoms with E-state index in [1.165, 1.54) is 23.1 Å². The highest BCUT2D eigenvalue weighted by Gasteiger charge is 2.21. The van der Waals surface area contributed by atoms with Crippen LogP contribution in [-0.2, 0) is 4.74 Å². The molecule has 0 spiro atoms. The number of rotatable bonds is 5. The summed E-state index contributed by atoms with van der Waals surface area (Å²) in [6.45, 7) is 0.778. The van der Waals surface area contributed by atoms with E-state index in [1.807, 2.05) is 0 Å². The van der Waals surface area contributed by atoms with E-state index in [9.17, 15) is 14.0 Å². The summed E-state index contributed by atoms with van der Waals surface area (Å²) in [5, 5.41) is 0.750. The summed E-state index contributed by atoms with van der Waals surface area (Å²) >= 11 is 6.35. The van der Waals surface area contributed by atoms with E-state index >= 15 is 0 Å². The summed E-state index contributed by atoms with van der Waals surface area (Å²) in [4.78, 5) is 36.9. The first kappa shape index (κ1) is 20.8. The number of nitrogen functional groups attached to an aromatic ring is 1. The lowest BCUT2D eigenvalue weighted by atomic mass is 10.1. The SMILES string of the molecule is COCCN(C)C(=O)c1cc2c(N)c(-c3nc4cc(F)ccc4[nH]c3=O)[nH]c2cc1Cl. The average Bonchev–Trinajstić information content (AvgIpc) is 3.05. The number of nitrogens with two attached hydrogens (primary N) is 1. The molecular formula is C21H19ClFN5O3. The summed E-state index contributed by atoms with van der Waals surface area (Å²) in [6, 6.07) is 7.05. The lowest BCUT2D eigenvalue weighted by Crippen LogP contribution is -2.30. The van der Waals surface area contributed by atoms with E-state index in [-0.39, 0.29) is 39.1 Å². The highest BCUT2D eigenvalue weighted by molar-refractivity contribution is 6.35. The minimum absolute atomic E-state index is 0.00742. The molecule has 0 fully saturated rings. The maximum Gasteiger partial charge on any atom is 0.276 e. The van der Waals surface area contributed by atoms with E-state index in [4.69, 9.17) is 22.1 Å². The van der Waals surface area contributed by atoms with Gasteiger partial charge in [0.1, 0.15) is 5.82 Å². The van der Waals surface area contributed by atoms with Gasteiger partial charge in [-0.05, 0) is 24.3 Å². The summed E-state index contributed by atoms with van der Waals surface area (Å²) in [6.07, 6.45) is 0. The number of aromatic amines is 2. The Morgan fingerprint density at radius 3 is 2.77 bits per heavy atom. The Bertz CT molecular complexity index is 1380. The molecule has 0 aliphatic rings. The van der Waals surface area contributed by atoms with E-state index in [2.05, 4.69) is 15.0 Å². The second-order valence-electron chi connectivity index (χ2n) is 7.09. The molecule has 0 atom stereocenters. The number of ether oxygens (including phenoxy) is 1. The molecule has 10 heteroatoms. The Kier molecular flexibility index (Phi) is 5.38. The molecule has 0 saturated heterocycles. The Labute approximate surface area is 180 Å². The molecule has 0 radical (unpaired) electrons. The van der Waals surface area contributed by atoms with Crippen LogP contribution in [0, 0.1) is 5.82 Å². The van der Waals surface area contributed by atoms with Gasteiger partial charge in [0.25, 0.3) is 11.5 Å². The Hall–Kier alpha value is -3.43. The number of hydrogen-bond donors (Lipinski definition) is 3. The van der Waals surface area contributed by atoms with Crippen molar-refractivity contribution in [1.29, 1.82) is 0 Å². The molecule has 1 amide bonds. The number of nitrogens with zero attached hydrogens (tertiary/aromatic N) is 2. The fraction of sp³-hybridized carbons (Fsp3) is 0.190. The van der Waals surface area contributed by atoms with E-state index in [0.29, 0.717) is 29.6 Å². The third kappa shape index (κ3) is 3.73. The van der Waals surface area contributed by atoms with Gasteiger partial charge in [-0.25, -0.2) is 9.37 Å². The average molecular weight is 444 g/mol. The third-order valence-corrected chi connectivity index (χ3v) is 5.34. The molecule has 4 rings (SSSR count). The molecular weight excluding hydrogens is 425 g/mol. The van der Waals surface area contributed by atoms with Crippen molar-refractivity contribution in [2.24, 2.45) is 0 Å². The van der Waals surface area contributed by atoms with Crippen molar-refractivity contribution in [1.82, 2.24) is 19.9 Å². The molecule has 0 saturated carbocycles. The number of hydrogen-bond acceptors (Lipinski definition) is 5. The fourth-order valence-electron chi connectivity index (χ4n) is 3.35. The van der Waals surface area contributed by atoms with Crippen molar-refractivity contribution in [3.63, 3.8) is 0 Å². The molecule has 4 aromatic rings. The second kappa shape index (κ2) is 8.01. The molecule has 0 unspecified atom stereocenters. The summed E-state index contributed by atoms with van der Waals surface area (Å²) in [5.74, 6) is -0.765. The highest BCUT2D eigenvalue weighted by atomic mass is 35.5. The molecule has 0 aliphatic carbocycles. The molecule has 2 aromatic carbocycles. The van der Waals surface area contributed by atoms with E-state index < -0.39 is 11.4 Å². The maximum atomic E-state index is 13.6. The quantitative estimate of drug-likeness (QED) is 0.438. The zero-order valence-electron chi connectivity index (χ0n) is 16.8. The fourth-order valence-corrected chi connectivity index (χ4v) is 3.59. The number of anilines is 1. The Morgan fingerprint density at radius 1 is 1.26 bits per heavy atom. The number of amides is 1. The number of halogens is 2. The van der Waals surface area contributed by atoms with Crippen LogP contribution in [0.1, 0.15) is 10.4 Å². The van der Waals surface area contributed by atoms with Crippen LogP contribution in [0.3, 0.4) is 0 Å². The largest absolute Gasteiger partial charge is 0.396 e. The standard InChI is InChI=1S/C21H19ClFN5O3/c1-28(5-6-31-2)21(30)11-8-12-15(9-13(11)22)25-18(17(12)24)19-20(29)27-14-4-3-10(23)7-16(14)26-19/h3-4,7-9,25H,5-6,24H2,1-2H3,(H,27,29). The van der Waals surface area contributed by atoms with E-state index in [1.54, 1.807) is 26.3 Å². The lowest BCUT2D eigenvalue weighted by Gasteiger charge is -2.17. The normalized spacial score (nSPS) is 11.4. The first-order valence-corrected chi connectivity index (χ1v) is 9.73. The van der Waals surface area contributed by atoms with E-state index in [0.717, 1.165) is 0 Å². The van der Waals surface area contributed by atoms with Gasteiger partial charge in [-0.2, -0.15) is 0 Å². The van der Waals surface area contributed by atoms with Gasteiger partial charge < -0.3 is 25.3 Å². The van der Waals surface area contributed by atoms with Gasteiger partial charge in [-0.15, -0.1) is 0 Å². The van der Waals surface area contributed by atoms with Crippen LogP contribution in [0.4, 0.5) is 10.1 Å². The minimum Gasteiger partial charge on any atom is -0.396 e. The van der Waals surface area contributed by atoms with Gasteiger partial charge in [0.15, 0.2) is 5.69 Å². The van der Waals surface area contributed by atoms with Gasteiger partial charge in [-0.1, -0.05) is 11.6 Å². The topological polar surface area (TPSA) is 117 Å². The van der Waals surface area contributed by atoms with Gasteiger partial charge in [0.05, 0.1) is 39.6 Å². The number of benzene rings is 2. The number of H-pyrrole nitrogens is 2. The van der Waals surface area contributed by atoms with Crippen LogP contribution >= 0.6 is 11.6 Å². The van der Waals surface area contributed by atoms with Crippen LogP contribution in [-0.4, -0.2) is 53.1 Å². The monoisotopic (exact) mass is 443 g/mol. The van der Waals surface area contributed by atoms with Crippen LogP contribution in [0.15, 0.2) is 35.1 Å². The van der Waals surface area contributed by atoms with Crippen LogP contribution in [0.5, 0.6) is 0 Å². The zero-order valence-corrected chi connectivity index (χ0v) is 17.5. The number of methoxy groups -OCH3 is 1. The lowest BCUT2D eigenvalue weighted by molar-refractivity contribution is 0.0744. The van der Waals surface area contributed by atoms with Gasteiger partial charge >= 0.3 is 0 Å². The molecule has 2 heterocycles. The van der Waals surface area contributed by atoms with Crippen molar-refractivity contribution in [3.8, 4) is 11.4 Å². The number of fused-ring (bicyclic) bond motifs is 2. The minimum atomic E-state index is -0.487. The van der Waals surface area contributed by atoms with Gasteiger partial charge in [0, 0.05) is 37.7 Å². The van der Waals surface area contributed by atoms with Gasteiger partial charge in [0.2, 0.25) is 0 Å². The number of aromatic nitrogens is 3. The second-order valence-corrected chi connectivity index (χ2v) is 7.49. The summed E-state index contributed by atoms with van der Waals surface area (Å²) in [5.41, 5.74) is 7.80. The molecule has 160 valence electrons. The molecule has 0 bridgehead atoms. The summed E-state index contributed by atoms with van der Waals surface area (Å²) < 4.78 is 18.6. The smallest absolute Gasteiger partial charge is 0.276 e. The molecule has 0 aliphatic heterocycles. The molecule has 8 nitrogen and oxygen atoms in total. The predicted molar refractivity (Wildman–Crippen MR) is 118 cm³/mol. The number of likely N-dealkylation sites (N-methyl/N-ethyl adjacent to an activating group) is 1. The zero-order chi connectivity index (χ0) is 22.3. The summed E-state index contributed by atoms with van der Waals surface area (Å²) in [7, 11) is 3.20. The van der Waals surface area contributed by atoms with Gasteiger partial charge in [-0.3, -0.25) is 9.59 Å². The molecule has 4 N–H and O–H groups in total. The number of carbonyl (C=O) groups excluding carboxylic acids is 1. The third-order valence-electron chi connectivity index (χ3n) is 5.03. The van der Waals surface area contributed by atoms with Crippen molar-refractivity contribution in [2.45, 2.75) is 0 Å². The first-order chi connectivity index (χ1) is 14.8. The van der Waals surface area contributed by atoms with Crippen molar-refractivity contribution in [3.05, 3.63) is 57.1 Å². The Morgan fingerprint density at radius 2 is 2.03 bits per heavy atom. The van der Waals surface area contributed by atoms with Crippen molar-refractivity contribution < 1.29 is 13.9 Å². The molecule has 31 heavy (non-hydrogen) atoms. The van der Waals surface area contributed by atoms with Crippen molar-refractivity contribution >= 4 is 45.1 Å². The molecule has 2 aromatic heterocycles. The predicted octanol–water partition coefficient (Wildman–Crippen LogP) is 3.16. The number of nitrogens with one attached hydrogen (secondary N) is 2.